The Kier molecular flexibility index (Phi) is 2.48. The topological polar surface area (TPSA) is 51.8 Å². The Morgan fingerprint density at radius 1 is 1.17 bits per heavy atom. The van der Waals surface area contributed by atoms with Crippen molar-refractivity contribution >= 4 is 27.4 Å². The molecule has 0 fully saturated rings. The van der Waals surface area contributed by atoms with Gasteiger partial charge in [-0.25, -0.2) is 14.4 Å². The Bertz CT molecular complexity index is 719. The lowest BCUT2D eigenvalue weighted by atomic mass is 10.2. The van der Waals surface area contributed by atoms with E-state index in [2.05, 4.69) is 9.97 Å². The fraction of sp³-hybridized carbons (Fsp3) is 0.0769. The van der Waals surface area contributed by atoms with Crippen molar-refractivity contribution in [2.24, 2.45) is 0 Å². The second kappa shape index (κ2) is 4.03. The minimum atomic E-state index is -0.278. The zero-order chi connectivity index (χ0) is 12.7. The summed E-state index contributed by atoms with van der Waals surface area (Å²) in [5.74, 6) is 0.713. The minimum Gasteiger partial charge on any atom is -0.383 e. The van der Waals surface area contributed by atoms with Gasteiger partial charge in [-0.1, -0.05) is 0 Å². The molecule has 5 heteroatoms. The van der Waals surface area contributed by atoms with Crippen LogP contribution in [0.25, 0.3) is 21.6 Å². The molecule has 0 saturated heterocycles. The third kappa shape index (κ3) is 1.82. The Hall–Kier alpha value is -2.01. The maximum Gasteiger partial charge on any atom is 0.163 e. The van der Waals surface area contributed by atoms with E-state index in [1.807, 2.05) is 13.0 Å². The van der Waals surface area contributed by atoms with E-state index in [0.717, 1.165) is 20.7 Å². The summed E-state index contributed by atoms with van der Waals surface area (Å²) in [6.45, 7) is 2.00. The van der Waals surface area contributed by atoms with Crippen LogP contribution in [0.5, 0.6) is 0 Å². The van der Waals surface area contributed by atoms with E-state index in [-0.39, 0.29) is 5.82 Å². The summed E-state index contributed by atoms with van der Waals surface area (Å²) in [6.07, 6.45) is 0. The predicted molar refractivity (Wildman–Crippen MR) is 72.0 cm³/mol. The van der Waals surface area contributed by atoms with Gasteiger partial charge in [0, 0.05) is 10.4 Å². The first-order valence-electron chi connectivity index (χ1n) is 5.43. The van der Waals surface area contributed by atoms with Gasteiger partial charge >= 0.3 is 0 Å². The summed E-state index contributed by atoms with van der Waals surface area (Å²) in [7, 11) is 0. The quantitative estimate of drug-likeness (QED) is 0.728. The van der Waals surface area contributed by atoms with E-state index in [9.17, 15) is 4.39 Å². The summed E-state index contributed by atoms with van der Waals surface area (Å²) in [6, 6.07) is 8.05. The zero-order valence-corrected chi connectivity index (χ0v) is 10.5. The van der Waals surface area contributed by atoms with Crippen LogP contribution in [0.15, 0.2) is 30.3 Å². The normalized spacial score (nSPS) is 11.0. The Balaban J connectivity index is 2.20. The molecule has 0 amide bonds. The van der Waals surface area contributed by atoms with Crippen molar-refractivity contribution in [3.05, 3.63) is 41.0 Å². The molecule has 0 radical (unpaired) electrons. The number of benzene rings is 1. The van der Waals surface area contributed by atoms with Crippen molar-refractivity contribution in [1.82, 2.24) is 9.97 Å². The van der Waals surface area contributed by atoms with Gasteiger partial charge in [0.25, 0.3) is 0 Å². The third-order valence-corrected chi connectivity index (χ3v) is 3.59. The van der Waals surface area contributed by atoms with Crippen molar-refractivity contribution in [2.45, 2.75) is 6.92 Å². The maximum atomic E-state index is 12.9. The van der Waals surface area contributed by atoms with Crippen LogP contribution in [-0.4, -0.2) is 9.97 Å². The second-order valence-electron chi connectivity index (χ2n) is 4.02. The lowest BCUT2D eigenvalue weighted by Gasteiger charge is -2.02. The fourth-order valence-corrected chi connectivity index (χ4v) is 2.68. The first kappa shape index (κ1) is 11.1. The zero-order valence-electron chi connectivity index (χ0n) is 9.64. The van der Waals surface area contributed by atoms with Gasteiger partial charge in [-0.3, -0.25) is 0 Å². The molecule has 18 heavy (non-hydrogen) atoms. The Morgan fingerprint density at radius 2 is 1.89 bits per heavy atom. The highest BCUT2D eigenvalue weighted by Crippen LogP contribution is 2.29. The Labute approximate surface area is 107 Å². The molecule has 1 aromatic carbocycles. The van der Waals surface area contributed by atoms with Gasteiger partial charge in [-0.15, -0.1) is 11.3 Å². The number of aryl methyl sites for hydroxylation is 1. The summed E-state index contributed by atoms with van der Waals surface area (Å²) in [4.78, 5) is 10.7. The monoisotopic (exact) mass is 259 g/mol. The number of anilines is 1. The van der Waals surface area contributed by atoms with Gasteiger partial charge in [0.2, 0.25) is 0 Å². The van der Waals surface area contributed by atoms with Crippen LogP contribution in [0.4, 0.5) is 10.2 Å². The molecule has 3 rings (SSSR count). The number of nitrogens with zero attached hydrogens (tertiary/aromatic N) is 2. The standard InChI is InChI=1S/C13H10FN3S/c1-7-6-10-11(15)16-12(17-13(10)18-7)8-2-4-9(14)5-3-8/h2-6H,1H3,(H2,15,16,17). The molecule has 90 valence electrons. The van der Waals surface area contributed by atoms with E-state index in [1.165, 1.54) is 12.1 Å². The smallest absolute Gasteiger partial charge is 0.163 e. The van der Waals surface area contributed by atoms with Gasteiger partial charge in [-0.05, 0) is 37.3 Å². The van der Waals surface area contributed by atoms with Crippen LogP contribution >= 0.6 is 11.3 Å². The molecular weight excluding hydrogens is 249 g/mol. The van der Waals surface area contributed by atoms with Crippen LogP contribution in [0.3, 0.4) is 0 Å². The van der Waals surface area contributed by atoms with E-state index in [1.54, 1.807) is 23.5 Å². The van der Waals surface area contributed by atoms with Crippen molar-refractivity contribution in [3.63, 3.8) is 0 Å². The second-order valence-corrected chi connectivity index (χ2v) is 5.25. The van der Waals surface area contributed by atoms with Gasteiger partial charge in [0.15, 0.2) is 5.82 Å². The SMILES string of the molecule is Cc1cc2c(N)nc(-c3ccc(F)cc3)nc2s1. The van der Waals surface area contributed by atoms with Crippen molar-refractivity contribution in [2.75, 3.05) is 5.73 Å². The van der Waals surface area contributed by atoms with E-state index in [0.29, 0.717) is 11.6 Å². The minimum absolute atomic E-state index is 0.278. The van der Waals surface area contributed by atoms with Crippen molar-refractivity contribution < 1.29 is 4.39 Å². The molecular formula is C13H10FN3S. The molecule has 0 bridgehead atoms. The van der Waals surface area contributed by atoms with Crippen LogP contribution in [0.2, 0.25) is 0 Å². The number of thiophene rings is 1. The van der Waals surface area contributed by atoms with Gasteiger partial charge in [0.1, 0.15) is 16.5 Å². The van der Waals surface area contributed by atoms with Crippen LogP contribution in [-0.2, 0) is 0 Å². The largest absolute Gasteiger partial charge is 0.383 e. The molecule has 0 aliphatic heterocycles. The molecule has 3 nitrogen and oxygen atoms in total. The first-order valence-corrected chi connectivity index (χ1v) is 6.25. The number of hydrogen-bond acceptors (Lipinski definition) is 4. The predicted octanol–water partition coefficient (Wildman–Crippen LogP) is 3.39. The van der Waals surface area contributed by atoms with Gasteiger partial charge in [0.05, 0.1) is 5.39 Å². The summed E-state index contributed by atoms with van der Waals surface area (Å²) >= 11 is 1.57. The highest BCUT2D eigenvalue weighted by Gasteiger charge is 2.09. The molecule has 2 heterocycles. The number of rotatable bonds is 1. The van der Waals surface area contributed by atoms with Crippen LogP contribution < -0.4 is 5.73 Å². The molecule has 0 aliphatic carbocycles. The number of hydrogen-bond donors (Lipinski definition) is 1. The lowest BCUT2D eigenvalue weighted by molar-refractivity contribution is 0.628. The molecule has 3 aromatic rings. The number of halogens is 1. The molecule has 0 spiro atoms. The summed E-state index contributed by atoms with van der Waals surface area (Å²) in [5.41, 5.74) is 6.68. The van der Waals surface area contributed by atoms with Crippen molar-refractivity contribution in [3.8, 4) is 11.4 Å². The molecule has 0 atom stereocenters. The van der Waals surface area contributed by atoms with Crippen LogP contribution in [0.1, 0.15) is 4.88 Å². The number of aromatic nitrogens is 2. The van der Waals surface area contributed by atoms with E-state index in [4.69, 9.17) is 5.73 Å². The third-order valence-electron chi connectivity index (χ3n) is 2.65. The average molecular weight is 259 g/mol. The molecule has 2 aromatic heterocycles. The summed E-state index contributed by atoms with van der Waals surface area (Å²) in [5, 5.41) is 0.878. The maximum absolute atomic E-state index is 12.9. The Morgan fingerprint density at radius 3 is 2.61 bits per heavy atom. The van der Waals surface area contributed by atoms with Crippen LogP contribution in [0, 0.1) is 12.7 Å². The van der Waals surface area contributed by atoms with Crippen molar-refractivity contribution in [1.29, 1.82) is 0 Å². The number of fused-ring (bicyclic) bond motifs is 1. The van der Waals surface area contributed by atoms with E-state index >= 15 is 0 Å². The fourth-order valence-electron chi connectivity index (χ4n) is 1.79. The van der Waals surface area contributed by atoms with Gasteiger partial charge < -0.3 is 5.73 Å². The summed E-state index contributed by atoms with van der Waals surface area (Å²) < 4.78 is 12.9. The molecule has 2 N–H and O–H groups in total. The molecule has 0 unspecified atom stereocenters. The van der Waals surface area contributed by atoms with Gasteiger partial charge in [-0.2, -0.15) is 0 Å². The highest BCUT2D eigenvalue weighted by atomic mass is 32.1. The number of nitrogens with two attached hydrogens (primary N) is 1. The lowest BCUT2D eigenvalue weighted by Crippen LogP contribution is -1.96. The average Bonchev–Trinajstić information content (AvgIpc) is 2.71. The first-order chi connectivity index (χ1) is 8.63. The highest BCUT2D eigenvalue weighted by molar-refractivity contribution is 7.18. The van der Waals surface area contributed by atoms with E-state index < -0.39 is 0 Å². The number of nitrogen functional groups attached to an aromatic ring is 1. The molecule has 0 saturated carbocycles. The molecule has 0 aliphatic rings.